The molecule has 0 aromatic carbocycles. The molecular formula is C14H26ClNO. The van der Waals surface area contributed by atoms with E-state index in [2.05, 4.69) is 12.2 Å². The first kappa shape index (κ1) is 14.8. The Kier molecular flexibility index (Phi) is 7.67. The van der Waals surface area contributed by atoms with Crippen LogP contribution in [0.15, 0.2) is 0 Å². The normalized spacial score (nSPS) is 23.9. The Morgan fingerprint density at radius 3 is 2.71 bits per heavy atom. The van der Waals surface area contributed by atoms with Crippen molar-refractivity contribution < 1.29 is 4.79 Å². The van der Waals surface area contributed by atoms with Crippen molar-refractivity contribution in [3.8, 4) is 0 Å². The Morgan fingerprint density at radius 1 is 1.24 bits per heavy atom. The zero-order chi connectivity index (χ0) is 12.5. The van der Waals surface area contributed by atoms with Crippen LogP contribution < -0.4 is 5.32 Å². The van der Waals surface area contributed by atoms with E-state index in [1.807, 2.05) is 0 Å². The van der Waals surface area contributed by atoms with Crippen molar-refractivity contribution in [2.75, 3.05) is 12.4 Å². The van der Waals surface area contributed by atoms with Crippen molar-refractivity contribution in [1.82, 2.24) is 5.32 Å². The van der Waals surface area contributed by atoms with E-state index in [-0.39, 0.29) is 5.91 Å². The molecular weight excluding hydrogens is 234 g/mol. The number of carbonyl (C=O) groups excluding carboxylic acids is 1. The zero-order valence-electron chi connectivity index (χ0n) is 11.0. The molecule has 100 valence electrons. The molecule has 1 fully saturated rings. The standard InChI is InChI=1S/C14H26ClNO/c1-2-3-4-5-9-14(17)16-11-13-8-6-7-12(13)10-15/h12-13H,2-11H2,1H3,(H,16,17). The SMILES string of the molecule is CCCCCCC(=O)NCC1CCCC1CCl. The Bertz CT molecular complexity index is 220. The maximum absolute atomic E-state index is 11.6. The molecule has 1 aliphatic carbocycles. The molecule has 3 heteroatoms. The number of alkyl halides is 1. The highest BCUT2D eigenvalue weighted by Gasteiger charge is 2.26. The van der Waals surface area contributed by atoms with E-state index in [0.29, 0.717) is 18.3 Å². The van der Waals surface area contributed by atoms with E-state index in [9.17, 15) is 4.79 Å². The van der Waals surface area contributed by atoms with Gasteiger partial charge < -0.3 is 5.32 Å². The number of hydrogen-bond acceptors (Lipinski definition) is 1. The van der Waals surface area contributed by atoms with Crippen molar-refractivity contribution in [1.29, 1.82) is 0 Å². The molecule has 2 atom stereocenters. The molecule has 0 radical (unpaired) electrons. The Labute approximate surface area is 110 Å². The second kappa shape index (κ2) is 8.79. The summed E-state index contributed by atoms with van der Waals surface area (Å²) in [7, 11) is 0. The lowest BCUT2D eigenvalue weighted by Gasteiger charge is -2.17. The third-order valence-corrected chi connectivity index (χ3v) is 4.23. The molecule has 1 amide bonds. The van der Waals surface area contributed by atoms with Crippen molar-refractivity contribution in [3.05, 3.63) is 0 Å². The van der Waals surface area contributed by atoms with Crippen LogP contribution in [0.25, 0.3) is 0 Å². The van der Waals surface area contributed by atoms with Gasteiger partial charge in [-0.05, 0) is 31.1 Å². The van der Waals surface area contributed by atoms with Crippen LogP contribution in [0.3, 0.4) is 0 Å². The molecule has 1 aliphatic rings. The number of halogens is 1. The number of carbonyl (C=O) groups is 1. The van der Waals surface area contributed by atoms with Crippen molar-refractivity contribution in [2.24, 2.45) is 11.8 Å². The molecule has 1 rings (SSSR count). The fraction of sp³-hybridized carbons (Fsp3) is 0.929. The third-order valence-electron chi connectivity index (χ3n) is 3.83. The van der Waals surface area contributed by atoms with Crippen LogP contribution in [0.1, 0.15) is 58.3 Å². The highest BCUT2D eigenvalue weighted by molar-refractivity contribution is 6.18. The van der Waals surface area contributed by atoms with Gasteiger partial charge in [-0.25, -0.2) is 0 Å². The number of nitrogens with one attached hydrogen (secondary N) is 1. The number of unbranched alkanes of at least 4 members (excludes halogenated alkanes) is 3. The molecule has 1 saturated carbocycles. The first-order valence-corrected chi connectivity index (χ1v) is 7.64. The number of rotatable bonds is 8. The van der Waals surface area contributed by atoms with Gasteiger partial charge in [0.25, 0.3) is 0 Å². The average molecular weight is 260 g/mol. The summed E-state index contributed by atoms with van der Waals surface area (Å²) in [5.41, 5.74) is 0. The topological polar surface area (TPSA) is 29.1 Å². The monoisotopic (exact) mass is 259 g/mol. The van der Waals surface area contributed by atoms with Crippen LogP contribution in [0.5, 0.6) is 0 Å². The van der Waals surface area contributed by atoms with Gasteiger partial charge in [-0.15, -0.1) is 11.6 Å². The van der Waals surface area contributed by atoms with E-state index in [4.69, 9.17) is 11.6 Å². The first-order valence-electron chi connectivity index (χ1n) is 7.10. The van der Waals surface area contributed by atoms with Crippen LogP contribution in [0.4, 0.5) is 0 Å². The molecule has 0 heterocycles. The van der Waals surface area contributed by atoms with E-state index in [1.54, 1.807) is 0 Å². The fourth-order valence-electron chi connectivity index (χ4n) is 2.63. The molecule has 17 heavy (non-hydrogen) atoms. The van der Waals surface area contributed by atoms with E-state index in [0.717, 1.165) is 18.8 Å². The van der Waals surface area contributed by atoms with Gasteiger partial charge in [-0.3, -0.25) is 4.79 Å². The van der Waals surface area contributed by atoms with E-state index in [1.165, 1.54) is 38.5 Å². The van der Waals surface area contributed by atoms with Crippen LogP contribution in [-0.2, 0) is 4.79 Å². The zero-order valence-corrected chi connectivity index (χ0v) is 11.8. The highest BCUT2D eigenvalue weighted by Crippen LogP contribution is 2.31. The summed E-state index contributed by atoms with van der Waals surface area (Å²) in [6.45, 7) is 3.02. The summed E-state index contributed by atoms with van der Waals surface area (Å²) >= 11 is 5.92. The maximum Gasteiger partial charge on any atom is 0.220 e. The summed E-state index contributed by atoms with van der Waals surface area (Å²) in [5, 5.41) is 3.07. The molecule has 0 spiro atoms. The predicted octanol–water partition coefficient (Wildman–Crippen LogP) is 3.73. The van der Waals surface area contributed by atoms with Gasteiger partial charge in [0, 0.05) is 18.8 Å². The molecule has 0 bridgehead atoms. The van der Waals surface area contributed by atoms with Gasteiger partial charge in [-0.2, -0.15) is 0 Å². The summed E-state index contributed by atoms with van der Waals surface area (Å²) < 4.78 is 0. The Balaban J connectivity index is 2.06. The lowest BCUT2D eigenvalue weighted by molar-refractivity contribution is -0.121. The van der Waals surface area contributed by atoms with Crippen LogP contribution in [0, 0.1) is 11.8 Å². The first-order chi connectivity index (χ1) is 8.27. The van der Waals surface area contributed by atoms with Gasteiger partial charge in [0.15, 0.2) is 0 Å². The van der Waals surface area contributed by atoms with Crippen LogP contribution in [0.2, 0.25) is 0 Å². The lowest BCUT2D eigenvalue weighted by atomic mass is 9.98. The maximum atomic E-state index is 11.6. The molecule has 1 N–H and O–H groups in total. The van der Waals surface area contributed by atoms with Crippen molar-refractivity contribution >= 4 is 17.5 Å². The van der Waals surface area contributed by atoms with Crippen molar-refractivity contribution in [3.63, 3.8) is 0 Å². The summed E-state index contributed by atoms with van der Waals surface area (Å²) in [4.78, 5) is 11.6. The van der Waals surface area contributed by atoms with E-state index < -0.39 is 0 Å². The summed E-state index contributed by atoms with van der Waals surface area (Å²) in [6.07, 6.45) is 9.10. The van der Waals surface area contributed by atoms with Gasteiger partial charge >= 0.3 is 0 Å². The second-order valence-electron chi connectivity index (χ2n) is 5.22. The molecule has 0 aliphatic heterocycles. The summed E-state index contributed by atoms with van der Waals surface area (Å²) in [5.74, 6) is 2.21. The van der Waals surface area contributed by atoms with Gasteiger partial charge in [-0.1, -0.05) is 32.6 Å². The fourth-order valence-corrected chi connectivity index (χ4v) is 3.04. The predicted molar refractivity (Wildman–Crippen MR) is 73.3 cm³/mol. The Hall–Kier alpha value is -0.240. The van der Waals surface area contributed by atoms with Gasteiger partial charge in [0.05, 0.1) is 0 Å². The van der Waals surface area contributed by atoms with Gasteiger partial charge in [0.2, 0.25) is 5.91 Å². The van der Waals surface area contributed by atoms with Gasteiger partial charge in [0.1, 0.15) is 0 Å². The largest absolute Gasteiger partial charge is 0.356 e. The smallest absolute Gasteiger partial charge is 0.220 e. The van der Waals surface area contributed by atoms with E-state index >= 15 is 0 Å². The highest BCUT2D eigenvalue weighted by atomic mass is 35.5. The Morgan fingerprint density at radius 2 is 2.00 bits per heavy atom. The van der Waals surface area contributed by atoms with Crippen LogP contribution in [-0.4, -0.2) is 18.3 Å². The minimum absolute atomic E-state index is 0.223. The summed E-state index contributed by atoms with van der Waals surface area (Å²) in [6, 6.07) is 0. The van der Waals surface area contributed by atoms with Crippen LogP contribution >= 0.6 is 11.6 Å². The minimum atomic E-state index is 0.223. The minimum Gasteiger partial charge on any atom is -0.356 e. The number of amides is 1. The quantitative estimate of drug-likeness (QED) is 0.522. The molecule has 2 nitrogen and oxygen atoms in total. The molecule has 0 aromatic heterocycles. The second-order valence-corrected chi connectivity index (χ2v) is 5.53. The lowest BCUT2D eigenvalue weighted by Crippen LogP contribution is -2.31. The number of hydrogen-bond donors (Lipinski definition) is 1. The molecule has 2 unspecified atom stereocenters. The molecule has 0 aromatic rings. The molecule has 0 saturated heterocycles. The average Bonchev–Trinajstić information content (AvgIpc) is 2.79. The third kappa shape index (κ3) is 5.76. The van der Waals surface area contributed by atoms with Crippen molar-refractivity contribution in [2.45, 2.75) is 58.3 Å².